The van der Waals surface area contributed by atoms with Crippen LogP contribution in [0.15, 0.2) is 0 Å². The van der Waals surface area contributed by atoms with Crippen molar-refractivity contribution in [3.8, 4) is 0 Å². The smallest absolute Gasteiger partial charge is 0.216 e. The van der Waals surface area contributed by atoms with Gasteiger partial charge in [-0.05, 0) is 26.9 Å². The van der Waals surface area contributed by atoms with Crippen molar-refractivity contribution >= 4 is 10.0 Å². The molecular formula is C8H18N2O3S. The largest absolute Gasteiger partial charge is 0.395 e. The minimum Gasteiger partial charge on any atom is -0.395 e. The third-order valence-corrected chi connectivity index (χ3v) is 4.38. The second kappa shape index (κ2) is 4.57. The highest BCUT2D eigenvalue weighted by molar-refractivity contribution is 7.90. The number of hydrogen-bond donors (Lipinski definition) is 2. The van der Waals surface area contributed by atoms with Gasteiger partial charge < -0.3 is 10.0 Å². The van der Waals surface area contributed by atoms with E-state index in [2.05, 4.69) is 9.62 Å². The summed E-state index contributed by atoms with van der Waals surface area (Å²) >= 11 is 0. The van der Waals surface area contributed by atoms with Crippen molar-refractivity contribution in [2.24, 2.45) is 0 Å². The van der Waals surface area contributed by atoms with E-state index in [1.807, 2.05) is 7.05 Å². The summed E-state index contributed by atoms with van der Waals surface area (Å²) < 4.78 is 25.7. The number of nitrogens with one attached hydrogen (secondary N) is 1. The van der Waals surface area contributed by atoms with Gasteiger partial charge in [-0.1, -0.05) is 0 Å². The molecule has 84 valence electrons. The molecule has 1 heterocycles. The normalized spacial score (nSPS) is 26.6. The lowest BCUT2D eigenvalue weighted by Gasteiger charge is -2.16. The van der Waals surface area contributed by atoms with Crippen molar-refractivity contribution < 1.29 is 13.5 Å². The molecule has 1 saturated heterocycles. The van der Waals surface area contributed by atoms with Gasteiger partial charge in [-0.15, -0.1) is 0 Å². The van der Waals surface area contributed by atoms with Crippen LogP contribution >= 0.6 is 0 Å². The van der Waals surface area contributed by atoms with E-state index in [-0.39, 0.29) is 12.6 Å². The van der Waals surface area contributed by atoms with Gasteiger partial charge in [0.2, 0.25) is 10.0 Å². The van der Waals surface area contributed by atoms with Crippen molar-refractivity contribution in [1.82, 2.24) is 9.62 Å². The monoisotopic (exact) mass is 222 g/mol. The molecule has 1 aliphatic rings. The Morgan fingerprint density at radius 2 is 2.29 bits per heavy atom. The zero-order valence-electron chi connectivity index (χ0n) is 8.60. The van der Waals surface area contributed by atoms with Gasteiger partial charge in [-0.2, -0.15) is 0 Å². The SMILES string of the molecule is CC(CO)S(=O)(=O)NC1CCN(C)C1. The van der Waals surface area contributed by atoms with E-state index < -0.39 is 15.3 Å². The van der Waals surface area contributed by atoms with Gasteiger partial charge in [0.05, 0.1) is 11.9 Å². The first-order valence-electron chi connectivity index (χ1n) is 4.76. The third kappa shape index (κ3) is 2.91. The average molecular weight is 222 g/mol. The first kappa shape index (κ1) is 11.9. The van der Waals surface area contributed by atoms with E-state index in [0.717, 1.165) is 19.5 Å². The number of sulfonamides is 1. The molecule has 1 fully saturated rings. The van der Waals surface area contributed by atoms with Gasteiger partial charge in [0.1, 0.15) is 0 Å². The molecule has 14 heavy (non-hydrogen) atoms. The minimum atomic E-state index is -3.34. The Hall–Kier alpha value is -0.170. The number of rotatable bonds is 4. The fourth-order valence-electron chi connectivity index (χ4n) is 1.48. The Labute approximate surface area is 85.2 Å². The predicted molar refractivity (Wildman–Crippen MR) is 54.5 cm³/mol. The molecule has 0 aromatic rings. The summed E-state index contributed by atoms with van der Waals surface area (Å²) in [5, 5.41) is 8.04. The van der Waals surface area contributed by atoms with Crippen LogP contribution in [0.5, 0.6) is 0 Å². The van der Waals surface area contributed by atoms with E-state index in [1.54, 1.807) is 0 Å². The molecule has 2 N–H and O–H groups in total. The lowest BCUT2D eigenvalue weighted by atomic mass is 10.3. The van der Waals surface area contributed by atoms with Gasteiger partial charge in [0, 0.05) is 12.6 Å². The molecule has 2 unspecified atom stereocenters. The molecular weight excluding hydrogens is 204 g/mol. The molecule has 5 nitrogen and oxygen atoms in total. The zero-order valence-corrected chi connectivity index (χ0v) is 9.42. The summed E-state index contributed by atoms with van der Waals surface area (Å²) in [7, 11) is -1.38. The molecule has 0 aliphatic carbocycles. The van der Waals surface area contributed by atoms with Crippen LogP contribution in [0.3, 0.4) is 0 Å². The number of likely N-dealkylation sites (tertiary alicyclic amines) is 1. The molecule has 1 aliphatic heterocycles. The highest BCUT2D eigenvalue weighted by atomic mass is 32.2. The van der Waals surface area contributed by atoms with Crippen LogP contribution < -0.4 is 4.72 Å². The van der Waals surface area contributed by atoms with Crippen LogP contribution in [-0.4, -0.2) is 56.5 Å². The van der Waals surface area contributed by atoms with Crippen molar-refractivity contribution in [2.45, 2.75) is 24.6 Å². The number of aliphatic hydroxyl groups is 1. The second-order valence-electron chi connectivity index (χ2n) is 3.90. The standard InChI is InChI=1S/C8H18N2O3S/c1-7(6-11)14(12,13)9-8-3-4-10(2)5-8/h7-9,11H,3-6H2,1-2H3. The molecule has 0 aromatic carbocycles. The van der Waals surface area contributed by atoms with E-state index in [1.165, 1.54) is 6.92 Å². The Kier molecular flexibility index (Phi) is 3.88. The molecule has 6 heteroatoms. The average Bonchev–Trinajstić information content (AvgIpc) is 2.48. The Morgan fingerprint density at radius 1 is 1.64 bits per heavy atom. The number of aliphatic hydroxyl groups excluding tert-OH is 1. The highest BCUT2D eigenvalue weighted by Gasteiger charge is 2.27. The van der Waals surface area contributed by atoms with E-state index in [9.17, 15) is 8.42 Å². The zero-order chi connectivity index (χ0) is 10.8. The van der Waals surface area contributed by atoms with Crippen LogP contribution in [0, 0.1) is 0 Å². The molecule has 2 atom stereocenters. The summed E-state index contributed by atoms with van der Waals surface area (Å²) in [6.07, 6.45) is 0.841. The summed E-state index contributed by atoms with van der Waals surface area (Å²) in [5.74, 6) is 0. The van der Waals surface area contributed by atoms with Gasteiger partial charge in [-0.25, -0.2) is 13.1 Å². The lowest BCUT2D eigenvalue weighted by Crippen LogP contribution is -2.42. The number of likely N-dealkylation sites (N-methyl/N-ethyl adjacent to an activating group) is 1. The fraction of sp³-hybridized carbons (Fsp3) is 1.00. The molecule has 0 spiro atoms. The maximum atomic E-state index is 11.5. The second-order valence-corrected chi connectivity index (χ2v) is 6.03. The number of nitrogens with zero attached hydrogens (tertiary/aromatic N) is 1. The first-order chi connectivity index (χ1) is 6.45. The van der Waals surface area contributed by atoms with Crippen LogP contribution in [0.4, 0.5) is 0 Å². The third-order valence-electron chi connectivity index (χ3n) is 2.51. The Bertz CT molecular complexity index is 278. The van der Waals surface area contributed by atoms with Crippen LogP contribution in [0.25, 0.3) is 0 Å². The summed E-state index contributed by atoms with van der Waals surface area (Å²) in [6.45, 7) is 2.83. The maximum absolute atomic E-state index is 11.5. The highest BCUT2D eigenvalue weighted by Crippen LogP contribution is 2.09. The van der Waals surface area contributed by atoms with E-state index in [0.29, 0.717) is 0 Å². The van der Waals surface area contributed by atoms with E-state index in [4.69, 9.17) is 5.11 Å². The van der Waals surface area contributed by atoms with Crippen molar-refractivity contribution in [2.75, 3.05) is 26.7 Å². The molecule has 0 saturated carbocycles. The molecule has 0 amide bonds. The molecule has 0 aromatic heterocycles. The lowest BCUT2D eigenvalue weighted by molar-refractivity contribution is 0.294. The number of hydrogen-bond acceptors (Lipinski definition) is 4. The van der Waals surface area contributed by atoms with Crippen molar-refractivity contribution in [3.63, 3.8) is 0 Å². The summed E-state index contributed by atoms with van der Waals surface area (Å²) in [4.78, 5) is 2.08. The summed E-state index contributed by atoms with van der Waals surface area (Å²) in [5.41, 5.74) is 0. The van der Waals surface area contributed by atoms with Crippen molar-refractivity contribution in [3.05, 3.63) is 0 Å². The van der Waals surface area contributed by atoms with E-state index >= 15 is 0 Å². The summed E-state index contributed by atoms with van der Waals surface area (Å²) in [6, 6.07) is -0.000926. The van der Waals surface area contributed by atoms with Gasteiger partial charge in [0.15, 0.2) is 0 Å². The Morgan fingerprint density at radius 3 is 2.71 bits per heavy atom. The van der Waals surface area contributed by atoms with Crippen molar-refractivity contribution in [1.29, 1.82) is 0 Å². The quantitative estimate of drug-likeness (QED) is 0.639. The molecule has 0 bridgehead atoms. The fourth-order valence-corrected chi connectivity index (χ4v) is 2.56. The van der Waals surface area contributed by atoms with Crippen LogP contribution in [-0.2, 0) is 10.0 Å². The topological polar surface area (TPSA) is 69.6 Å². The van der Waals surface area contributed by atoms with Crippen LogP contribution in [0.1, 0.15) is 13.3 Å². The van der Waals surface area contributed by atoms with Gasteiger partial charge in [0.25, 0.3) is 0 Å². The van der Waals surface area contributed by atoms with Gasteiger partial charge >= 0.3 is 0 Å². The first-order valence-corrected chi connectivity index (χ1v) is 6.31. The molecule has 1 rings (SSSR count). The predicted octanol–water partition coefficient (Wildman–Crippen LogP) is -1.01. The van der Waals surface area contributed by atoms with Crippen LogP contribution in [0.2, 0.25) is 0 Å². The van der Waals surface area contributed by atoms with Gasteiger partial charge in [-0.3, -0.25) is 0 Å². The maximum Gasteiger partial charge on any atom is 0.216 e. The molecule has 0 radical (unpaired) electrons. The Balaban J connectivity index is 2.51. The minimum absolute atomic E-state index is 0.000926.